The number of amides is 2. The summed E-state index contributed by atoms with van der Waals surface area (Å²) in [6, 6.07) is 21.1. The molecule has 1 unspecified atom stereocenters. The summed E-state index contributed by atoms with van der Waals surface area (Å²) in [6.45, 7) is 2.03. The predicted octanol–water partition coefficient (Wildman–Crippen LogP) is 3.04. The second-order valence-corrected chi connectivity index (χ2v) is 7.86. The minimum absolute atomic E-state index is 0.109. The number of likely N-dealkylation sites (N-methyl/N-ethyl adjacent to an activating group) is 1. The van der Waals surface area contributed by atoms with Crippen LogP contribution in [0, 0.1) is 0 Å². The first-order valence-corrected chi connectivity index (χ1v) is 10.8. The fraction of sp³-hybridized carbons (Fsp3) is 0.217. The highest BCUT2D eigenvalue weighted by Crippen LogP contribution is 2.24. The van der Waals surface area contributed by atoms with Crippen LogP contribution in [0.25, 0.3) is 10.8 Å². The number of hydrogen-bond acceptors (Lipinski definition) is 3. The molecule has 0 bridgehead atoms. The lowest BCUT2D eigenvalue weighted by molar-refractivity contribution is -0.885. The first-order chi connectivity index (χ1) is 14.0. The normalized spacial score (nSPS) is 12.9. The number of fused-ring (bicyclic) bond motifs is 1. The molecule has 6 heteroatoms. The zero-order valence-corrected chi connectivity index (χ0v) is 17.7. The van der Waals surface area contributed by atoms with Crippen LogP contribution in [0.4, 0.5) is 11.4 Å². The van der Waals surface area contributed by atoms with E-state index in [9.17, 15) is 9.59 Å². The van der Waals surface area contributed by atoms with E-state index in [2.05, 4.69) is 10.6 Å². The minimum Gasteiger partial charge on any atom is -0.321 e. The fourth-order valence-electron chi connectivity index (χ4n) is 3.15. The molecule has 0 saturated heterocycles. The van der Waals surface area contributed by atoms with E-state index < -0.39 is 0 Å². The molecule has 3 N–H and O–H groups in total. The summed E-state index contributed by atoms with van der Waals surface area (Å²) in [5, 5.41) is 8.04. The van der Waals surface area contributed by atoms with Gasteiger partial charge in [-0.25, -0.2) is 0 Å². The van der Waals surface area contributed by atoms with E-state index in [0.29, 0.717) is 0 Å². The van der Waals surface area contributed by atoms with E-state index in [1.54, 1.807) is 11.8 Å². The quantitative estimate of drug-likeness (QED) is 0.527. The number of carbonyl (C=O) groups excluding carboxylic acids is 2. The van der Waals surface area contributed by atoms with E-state index in [1.807, 2.05) is 87.0 Å². The molecular weight excluding hydrogens is 382 g/mol. The van der Waals surface area contributed by atoms with E-state index in [1.165, 1.54) is 0 Å². The van der Waals surface area contributed by atoms with Crippen molar-refractivity contribution in [2.75, 3.05) is 30.5 Å². The summed E-state index contributed by atoms with van der Waals surface area (Å²) >= 11 is 1.58. The van der Waals surface area contributed by atoms with E-state index in [0.717, 1.165) is 31.9 Å². The largest absolute Gasteiger partial charge is 0.321 e. The third kappa shape index (κ3) is 5.16. The van der Waals surface area contributed by atoms with Gasteiger partial charge >= 0.3 is 0 Å². The Morgan fingerprint density at radius 1 is 0.931 bits per heavy atom. The Kier molecular flexibility index (Phi) is 6.90. The zero-order chi connectivity index (χ0) is 20.8. The van der Waals surface area contributed by atoms with Crippen LogP contribution < -0.4 is 15.5 Å². The average Bonchev–Trinajstić information content (AvgIpc) is 2.73. The van der Waals surface area contributed by atoms with Crippen molar-refractivity contribution in [1.29, 1.82) is 0 Å². The van der Waals surface area contributed by atoms with Crippen LogP contribution in [-0.4, -0.2) is 37.7 Å². The van der Waals surface area contributed by atoms with Crippen molar-refractivity contribution in [1.82, 2.24) is 0 Å². The van der Waals surface area contributed by atoms with Crippen LogP contribution >= 0.6 is 11.8 Å². The first-order valence-electron chi connectivity index (χ1n) is 9.53. The maximum absolute atomic E-state index is 12.7. The molecule has 2 atom stereocenters. The predicted molar refractivity (Wildman–Crippen MR) is 121 cm³/mol. The van der Waals surface area contributed by atoms with Crippen molar-refractivity contribution in [3.63, 3.8) is 0 Å². The van der Waals surface area contributed by atoms with Gasteiger partial charge in [-0.2, -0.15) is 0 Å². The zero-order valence-electron chi connectivity index (χ0n) is 16.9. The summed E-state index contributed by atoms with van der Waals surface area (Å²) in [5.74, 6) is -0.232. The minimum atomic E-state index is -0.372. The summed E-state index contributed by atoms with van der Waals surface area (Å²) in [7, 11) is 1.85. The van der Waals surface area contributed by atoms with Gasteiger partial charge in [0.1, 0.15) is 0 Å². The molecule has 0 aliphatic rings. The summed E-state index contributed by atoms with van der Waals surface area (Å²) in [4.78, 5) is 27.1. The third-order valence-electron chi connectivity index (χ3n) is 5.00. The molecule has 0 aliphatic heterocycles. The van der Waals surface area contributed by atoms with Gasteiger partial charge in [-0.1, -0.05) is 48.5 Å². The molecule has 3 aromatic carbocycles. The highest BCUT2D eigenvalue weighted by atomic mass is 32.2. The van der Waals surface area contributed by atoms with Gasteiger partial charge in [0.2, 0.25) is 0 Å². The van der Waals surface area contributed by atoms with Crippen LogP contribution in [0.2, 0.25) is 0 Å². The van der Waals surface area contributed by atoms with Crippen molar-refractivity contribution >= 4 is 45.7 Å². The molecule has 0 saturated carbocycles. The number of quaternary nitrogens is 1. The first kappa shape index (κ1) is 20.9. The summed E-state index contributed by atoms with van der Waals surface area (Å²) < 4.78 is 0. The number of para-hydroxylation sites is 1. The summed E-state index contributed by atoms with van der Waals surface area (Å²) in [5.41, 5.74) is 1.58. The van der Waals surface area contributed by atoms with Gasteiger partial charge in [0, 0.05) is 16.0 Å². The number of hydrogen-bond donors (Lipinski definition) is 3. The van der Waals surface area contributed by atoms with Gasteiger partial charge in [-0.05, 0) is 36.8 Å². The molecule has 2 amide bonds. The van der Waals surface area contributed by atoms with Crippen LogP contribution in [0.1, 0.15) is 6.92 Å². The molecule has 0 fully saturated rings. The molecular formula is C23H26N3O2S+. The van der Waals surface area contributed by atoms with E-state index >= 15 is 0 Å². The molecule has 3 rings (SSSR count). The lowest BCUT2D eigenvalue weighted by atomic mass is 10.1. The van der Waals surface area contributed by atoms with Crippen molar-refractivity contribution in [2.24, 2.45) is 0 Å². The highest BCUT2D eigenvalue weighted by molar-refractivity contribution is 7.98. The third-order valence-corrected chi connectivity index (χ3v) is 5.80. The Hall–Kier alpha value is -2.83. The van der Waals surface area contributed by atoms with Crippen molar-refractivity contribution in [3.8, 4) is 0 Å². The fourth-order valence-corrected chi connectivity index (χ4v) is 3.70. The lowest BCUT2D eigenvalue weighted by Crippen LogP contribution is -3.14. The number of nitrogens with one attached hydrogen (secondary N) is 3. The summed E-state index contributed by atoms with van der Waals surface area (Å²) in [6.07, 6.45) is 1.98. The molecule has 0 heterocycles. The number of rotatable bonds is 7. The number of carbonyl (C=O) groups is 2. The molecule has 0 aliphatic carbocycles. The number of benzene rings is 3. The lowest BCUT2D eigenvalue weighted by Gasteiger charge is -2.21. The van der Waals surface area contributed by atoms with Crippen molar-refractivity contribution in [3.05, 3.63) is 66.7 Å². The maximum atomic E-state index is 12.7. The average molecular weight is 409 g/mol. The highest BCUT2D eigenvalue weighted by Gasteiger charge is 2.24. The SMILES string of the molecule is CSc1ccccc1NC(=O)[C@H](C)[NH+](C)CC(=O)Nc1cccc2ccccc12. The maximum Gasteiger partial charge on any atom is 0.282 e. The van der Waals surface area contributed by atoms with Crippen LogP contribution in [-0.2, 0) is 9.59 Å². The Labute approximate surface area is 175 Å². The molecule has 150 valence electrons. The van der Waals surface area contributed by atoms with E-state index in [-0.39, 0.29) is 24.4 Å². The van der Waals surface area contributed by atoms with Gasteiger partial charge in [0.15, 0.2) is 12.6 Å². The molecule has 0 spiro atoms. The number of thioether (sulfide) groups is 1. The second kappa shape index (κ2) is 9.58. The molecule has 5 nitrogen and oxygen atoms in total. The van der Waals surface area contributed by atoms with Crippen LogP contribution in [0.15, 0.2) is 71.6 Å². The van der Waals surface area contributed by atoms with Crippen LogP contribution in [0.5, 0.6) is 0 Å². The van der Waals surface area contributed by atoms with Gasteiger partial charge < -0.3 is 15.5 Å². The molecule has 0 aromatic heterocycles. The Morgan fingerprint density at radius 3 is 2.38 bits per heavy atom. The van der Waals surface area contributed by atoms with Gasteiger partial charge in [0.05, 0.1) is 12.7 Å². The Balaban J connectivity index is 1.62. The Morgan fingerprint density at radius 2 is 1.59 bits per heavy atom. The monoisotopic (exact) mass is 408 g/mol. The smallest absolute Gasteiger partial charge is 0.282 e. The number of anilines is 2. The van der Waals surface area contributed by atoms with E-state index in [4.69, 9.17) is 0 Å². The Bertz CT molecular complexity index is 1020. The molecule has 3 aromatic rings. The molecule has 0 radical (unpaired) electrons. The van der Waals surface area contributed by atoms with Gasteiger partial charge in [-0.3, -0.25) is 9.59 Å². The van der Waals surface area contributed by atoms with Crippen molar-refractivity contribution < 1.29 is 14.5 Å². The topological polar surface area (TPSA) is 62.6 Å². The van der Waals surface area contributed by atoms with Crippen LogP contribution in [0.3, 0.4) is 0 Å². The van der Waals surface area contributed by atoms with Crippen molar-refractivity contribution in [2.45, 2.75) is 17.9 Å². The van der Waals surface area contributed by atoms with Gasteiger partial charge in [-0.15, -0.1) is 11.8 Å². The molecule has 29 heavy (non-hydrogen) atoms. The van der Waals surface area contributed by atoms with Gasteiger partial charge in [0.25, 0.3) is 11.8 Å². The standard InChI is InChI=1S/C23H25N3O2S/c1-16(23(28)25-20-12-6-7-14-21(20)29-3)26(2)15-22(27)24-19-13-8-10-17-9-4-5-11-18(17)19/h4-14,16H,15H2,1-3H3,(H,24,27)(H,25,28)/p+1/t16-/m0/s1. The second-order valence-electron chi connectivity index (χ2n) is 7.01.